The molecule has 2 aromatic heterocycles. The lowest BCUT2D eigenvalue weighted by molar-refractivity contribution is 0.466. The molecule has 0 unspecified atom stereocenters. The third kappa shape index (κ3) is 3.09. The molecule has 0 bridgehead atoms. The molecule has 0 amide bonds. The Balaban J connectivity index is 2.29. The number of furan rings is 1. The highest BCUT2D eigenvalue weighted by molar-refractivity contribution is 7.92. The number of rotatable bonds is 5. The molecule has 0 saturated heterocycles. The molecule has 0 atom stereocenters. The minimum Gasteiger partial charge on any atom is -0.464 e. The molecule has 0 aliphatic rings. The number of nitrogens with one attached hydrogen (secondary N) is 2. The first-order valence-corrected chi connectivity index (χ1v) is 7.03. The highest BCUT2D eigenvalue weighted by atomic mass is 32.2. The molecule has 0 fully saturated rings. The van der Waals surface area contributed by atoms with Crippen molar-refractivity contribution in [2.24, 2.45) is 0 Å². The van der Waals surface area contributed by atoms with Crippen LogP contribution < -0.4 is 10.0 Å². The van der Waals surface area contributed by atoms with E-state index in [1.165, 1.54) is 24.8 Å². The molecular weight excluding hydrogens is 268 g/mol. The summed E-state index contributed by atoms with van der Waals surface area (Å²) in [6, 6.07) is 1.50. The lowest BCUT2D eigenvalue weighted by Gasteiger charge is -2.05. The summed E-state index contributed by atoms with van der Waals surface area (Å²) in [6.07, 6.45) is 4.09. The molecule has 0 radical (unpaired) electrons. The Bertz CT molecular complexity index is 652. The van der Waals surface area contributed by atoms with E-state index in [1.54, 1.807) is 14.0 Å². The standard InChI is InChI=1S/C11H14N4O3S/c1-8-11(3-10(18-8)6-12-2)19(16,17)15-9-4-13-7-14-5-9/h3-5,7,12,15H,6H2,1-2H3. The van der Waals surface area contributed by atoms with Crippen molar-refractivity contribution in [2.75, 3.05) is 11.8 Å². The zero-order valence-corrected chi connectivity index (χ0v) is 11.4. The summed E-state index contributed by atoms with van der Waals surface area (Å²) in [7, 11) is -1.94. The maximum Gasteiger partial charge on any atom is 0.265 e. The van der Waals surface area contributed by atoms with Crippen molar-refractivity contribution in [3.05, 3.63) is 36.3 Å². The van der Waals surface area contributed by atoms with E-state index >= 15 is 0 Å². The highest BCUT2D eigenvalue weighted by Gasteiger charge is 2.21. The second-order valence-electron chi connectivity index (χ2n) is 3.90. The number of sulfonamides is 1. The van der Waals surface area contributed by atoms with E-state index < -0.39 is 10.0 Å². The van der Waals surface area contributed by atoms with Crippen molar-refractivity contribution < 1.29 is 12.8 Å². The van der Waals surface area contributed by atoms with E-state index in [4.69, 9.17) is 4.42 Å². The maximum absolute atomic E-state index is 12.2. The van der Waals surface area contributed by atoms with Gasteiger partial charge in [-0.15, -0.1) is 0 Å². The summed E-state index contributed by atoms with van der Waals surface area (Å²) in [5.41, 5.74) is 0.304. The van der Waals surface area contributed by atoms with Crippen LogP contribution in [0.4, 0.5) is 5.69 Å². The zero-order valence-electron chi connectivity index (χ0n) is 10.5. The van der Waals surface area contributed by atoms with Crippen molar-refractivity contribution in [1.82, 2.24) is 15.3 Å². The minimum absolute atomic E-state index is 0.113. The highest BCUT2D eigenvalue weighted by Crippen LogP contribution is 2.22. The summed E-state index contributed by atoms with van der Waals surface area (Å²) in [6.45, 7) is 2.07. The Labute approximate surface area is 111 Å². The van der Waals surface area contributed by atoms with Gasteiger partial charge in [0.1, 0.15) is 22.7 Å². The third-order valence-electron chi connectivity index (χ3n) is 2.38. The molecule has 102 valence electrons. The van der Waals surface area contributed by atoms with E-state index in [0.717, 1.165) is 0 Å². The second kappa shape index (κ2) is 5.37. The molecule has 7 nitrogen and oxygen atoms in total. The summed E-state index contributed by atoms with van der Waals surface area (Å²) >= 11 is 0. The summed E-state index contributed by atoms with van der Waals surface area (Å²) in [5, 5.41) is 2.90. The SMILES string of the molecule is CNCc1cc(S(=O)(=O)Nc2cncnc2)c(C)o1. The number of anilines is 1. The molecule has 2 aromatic rings. The first-order chi connectivity index (χ1) is 9.03. The Hall–Kier alpha value is -1.93. The monoisotopic (exact) mass is 282 g/mol. The lowest BCUT2D eigenvalue weighted by Crippen LogP contribution is -2.13. The normalized spacial score (nSPS) is 11.5. The average Bonchev–Trinajstić information content (AvgIpc) is 2.72. The predicted octanol–water partition coefficient (Wildman–Crippen LogP) is 0.898. The van der Waals surface area contributed by atoms with Crippen LogP contribution in [0.15, 0.2) is 34.1 Å². The largest absolute Gasteiger partial charge is 0.464 e. The van der Waals surface area contributed by atoms with Crippen molar-refractivity contribution in [2.45, 2.75) is 18.4 Å². The van der Waals surface area contributed by atoms with Crippen LogP contribution in [-0.4, -0.2) is 25.4 Å². The molecule has 0 aromatic carbocycles. The molecule has 0 spiro atoms. The van der Waals surface area contributed by atoms with Gasteiger partial charge in [0.15, 0.2) is 0 Å². The van der Waals surface area contributed by atoms with Crippen LogP contribution in [0.5, 0.6) is 0 Å². The van der Waals surface area contributed by atoms with Gasteiger partial charge < -0.3 is 9.73 Å². The lowest BCUT2D eigenvalue weighted by atomic mass is 10.4. The molecule has 2 N–H and O–H groups in total. The van der Waals surface area contributed by atoms with E-state index in [9.17, 15) is 8.42 Å². The fourth-order valence-corrected chi connectivity index (χ4v) is 2.85. The summed E-state index contributed by atoms with van der Waals surface area (Å²) < 4.78 is 32.1. The van der Waals surface area contributed by atoms with Crippen molar-refractivity contribution in [1.29, 1.82) is 0 Å². The van der Waals surface area contributed by atoms with Crippen LogP contribution in [0.3, 0.4) is 0 Å². The first kappa shape index (κ1) is 13.5. The van der Waals surface area contributed by atoms with Gasteiger partial charge in [0.05, 0.1) is 24.6 Å². The zero-order chi connectivity index (χ0) is 13.9. The Kier molecular flexibility index (Phi) is 3.82. The van der Waals surface area contributed by atoms with E-state index in [0.29, 0.717) is 23.8 Å². The van der Waals surface area contributed by atoms with Gasteiger partial charge in [-0.25, -0.2) is 18.4 Å². The average molecular weight is 282 g/mol. The van der Waals surface area contributed by atoms with E-state index in [1.807, 2.05) is 0 Å². The van der Waals surface area contributed by atoms with Crippen LogP contribution in [0.2, 0.25) is 0 Å². The number of hydrogen-bond acceptors (Lipinski definition) is 6. The Morgan fingerprint density at radius 3 is 2.63 bits per heavy atom. The number of aryl methyl sites for hydroxylation is 1. The van der Waals surface area contributed by atoms with Crippen LogP contribution in [0.1, 0.15) is 11.5 Å². The van der Waals surface area contributed by atoms with Gasteiger partial charge in [-0.2, -0.15) is 0 Å². The van der Waals surface area contributed by atoms with Gasteiger partial charge in [-0.1, -0.05) is 0 Å². The Morgan fingerprint density at radius 2 is 2.00 bits per heavy atom. The minimum atomic E-state index is -3.69. The number of nitrogens with zero attached hydrogens (tertiary/aromatic N) is 2. The van der Waals surface area contributed by atoms with Crippen LogP contribution >= 0.6 is 0 Å². The van der Waals surface area contributed by atoms with Gasteiger partial charge in [0.25, 0.3) is 10.0 Å². The van der Waals surface area contributed by atoms with Gasteiger partial charge in [-0.3, -0.25) is 4.72 Å². The van der Waals surface area contributed by atoms with E-state index in [2.05, 4.69) is 20.0 Å². The fourth-order valence-electron chi connectivity index (χ4n) is 1.61. The van der Waals surface area contributed by atoms with Crippen LogP contribution in [0, 0.1) is 6.92 Å². The van der Waals surface area contributed by atoms with Gasteiger partial charge in [-0.05, 0) is 14.0 Å². The van der Waals surface area contributed by atoms with E-state index in [-0.39, 0.29) is 4.90 Å². The van der Waals surface area contributed by atoms with Crippen molar-refractivity contribution in [3.8, 4) is 0 Å². The molecule has 0 aliphatic heterocycles. The molecular formula is C11H14N4O3S. The van der Waals surface area contributed by atoms with Gasteiger partial charge >= 0.3 is 0 Å². The fraction of sp³-hybridized carbons (Fsp3) is 0.273. The predicted molar refractivity (Wildman–Crippen MR) is 69.0 cm³/mol. The molecule has 0 saturated carbocycles. The summed E-state index contributed by atoms with van der Waals surface area (Å²) in [4.78, 5) is 7.61. The summed E-state index contributed by atoms with van der Waals surface area (Å²) in [5.74, 6) is 0.902. The van der Waals surface area contributed by atoms with Crippen LogP contribution in [0.25, 0.3) is 0 Å². The molecule has 2 rings (SSSR count). The topological polar surface area (TPSA) is 97.1 Å². The first-order valence-electron chi connectivity index (χ1n) is 5.54. The van der Waals surface area contributed by atoms with Gasteiger partial charge in [0, 0.05) is 6.07 Å². The third-order valence-corrected chi connectivity index (χ3v) is 3.87. The molecule has 8 heteroatoms. The molecule has 19 heavy (non-hydrogen) atoms. The quantitative estimate of drug-likeness (QED) is 0.845. The number of hydrogen-bond donors (Lipinski definition) is 2. The number of aromatic nitrogens is 2. The van der Waals surface area contributed by atoms with Gasteiger partial charge in [0.2, 0.25) is 0 Å². The molecule has 0 aliphatic carbocycles. The Morgan fingerprint density at radius 1 is 1.32 bits per heavy atom. The molecule has 2 heterocycles. The second-order valence-corrected chi connectivity index (χ2v) is 5.55. The van der Waals surface area contributed by atoms with Crippen molar-refractivity contribution in [3.63, 3.8) is 0 Å². The maximum atomic E-state index is 12.2. The smallest absolute Gasteiger partial charge is 0.265 e. The van der Waals surface area contributed by atoms with Crippen molar-refractivity contribution >= 4 is 15.7 Å². The van der Waals surface area contributed by atoms with Crippen LogP contribution in [-0.2, 0) is 16.6 Å².